The van der Waals surface area contributed by atoms with Crippen LogP contribution in [0.5, 0.6) is 0 Å². The maximum absolute atomic E-state index is 8.34. The maximum atomic E-state index is 8.34. The fourth-order valence-corrected chi connectivity index (χ4v) is 9.65. The Labute approximate surface area is 302 Å². The van der Waals surface area contributed by atoms with Gasteiger partial charge in [-0.25, -0.2) is 5.57 Å². The molecule has 1 radical (unpaired) electrons. The Bertz CT molecular complexity index is 1470. The monoisotopic (exact) mass is 670 g/mol. The molecule has 4 aromatic carbocycles. The molecule has 0 heterocycles. The molecule has 1 nitrogen and oxygen atoms in total. The van der Waals surface area contributed by atoms with Gasteiger partial charge in [-0.1, -0.05) is 185 Å². The molecule has 1 N–H and O–H groups in total. The molecule has 0 amide bonds. The van der Waals surface area contributed by atoms with Gasteiger partial charge in [0.15, 0.2) is 0 Å². The summed E-state index contributed by atoms with van der Waals surface area (Å²) < 4.78 is 0. The minimum atomic E-state index is 0. The number of rotatable bonds is 3. The molecular formula is C44H52NSiTi. The largest absolute Gasteiger partial charge is 2.00 e. The topological polar surface area (TPSA) is 23.8 Å². The summed E-state index contributed by atoms with van der Waals surface area (Å²) in [6, 6.07) is 42.1. The number of allylic oxidation sites excluding steroid dienone is 4. The summed E-state index contributed by atoms with van der Waals surface area (Å²) in [5.41, 5.74) is 15.7. The van der Waals surface area contributed by atoms with Crippen LogP contribution in [0.1, 0.15) is 73.1 Å². The third-order valence-electron chi connectivity index (χ3n) is 10.4. The molecule has 5 aliphatic carbocycles. The molecule has 5 aliphatic rings. The summed E-state index contributed by atoms with van der Waals surface area (Å²) in [6.07, 6.45) is 11.3. The molecule has 241 valence electrons. The number of hydrogen-bond donors (Lipinski definition) is 0. The molecule has 4 saturated carbocycles. The maximum Gasteiger partial charge on any atom is 2.00 e. The van der Waals surface area contributed by atoms with Gasteiger partial charge in [-0.2, -0.15) is 11.1 Å². The Kier molecular flexibility index (Phi) is 13.5. The van der Waals surface area contributed by atoms with Crippen LogP contribution in [-0.2, 0) is 21.7 Å². The van der Waals surface area contributed by atoms with Crippen LogP contribution >= 0.6 is 0 Å². The van der Waals surface area contributed by atoms with E-state index in [0.29, 0.717) is 11.3 Å². The van der Waals surface area contributed by atoms with Crippen molar-refractivity contribution in [2.75, 3.05) is 0 Å². The second-order valence-electron chi connectivity index (χ2n) is 14.5. The van der Waals surface area contributed by atoms with Gasteiger partial charge in [0.2, 0.25) is 0 Å². The Balaban J connectivity index is 0.000000142. The predicted octanol–water partition coefficient (Wildman–Crippen LogP) is 10.5. The van der Waals surface area contributed by atoms with Crippen LogP contribution in [0.4, 0.5) is 0 Å². The quantitative estimate of drug-likeness (QED) is 0.153. The Morgan fingerprint density at radius 1 is 0.638 bits per heavy atom. The van der Waals surface area contributed by atoms with Crippen LogP contribution < -0.4 is 10.4 Å². The van der Waals surface area contributed by atoms with Crippen LogP contribution in [0.2, 0.25) is 0 Å². The van der Waals surface area contributed by atoms with Crippen molar-refractivity contribution in [3.8, 4) is 11.1 Å². The molecule has 9 rings (SSSR count). The van der Waals surface area contributed by atoms with Gasteiger partial charge in [-0.05, 0) is 47.6 Å². The van der Waals surface area contributed by atoms with Crippen LogP contribution in [0.3, 0.4) is 0 Å². The zero-order valence-corrected chi connectivity index (χ0v) is 31.8. The summed E-state index contributed by atoms with van der Waals surface area (Å²) in [6.45, 7) is 11.1. The van der Waals surface area contributed by atoms with E-state index < -0.39 is 0 Å². The molecular weight excluding hydrogens is 618 g/mol. The smallest absolute Gasteiger partial charge is 0.672 e. The molecule has 3 unspecified atom stereocenters. The van der Waals surface area contributed by atoms with E-state index >= 15 is 0 Å². The predicted molar refractivity (Wildman–Crippen MR) is 201 cm³/mol. The zero-order valence-electron chi connectivity index (χ0n) is 29.1. The summed E-state index contributed by atoms with van der Waals surface area (Å²) >= 11 is 0. The fraction of sp³-hybridized carbons (Fsp3) is 0.364. The van der Waals surface area contributed by atoms with Crippen LogP contribution in [0.25, 0.3) is 16.9 Å². The van der Waals surface area contributed by atoms with E-state index in [1.165, 1.54) is 76.7 Å². The summed E-state index contributed by atoms with van der Waals surface area (Å²) in [7, 11) is 0.271. The molecule has 0 aliphatic heterocycles. The van der Waals surface area contributed by atoms with Gasteiger partial charge in [-0.15, -0.1) is 12.5 Å². The molecule has 4 aromatic rings. The Hall–Kier alpha value is -2.75. The average Bonchev–Trinajstić information content (AvgIpc) is 3.27. The second-order valence-corrected chi connectivity index (χ2v) is 16.2. The standard InChI is InChI=1S/C12H11Si.C12H10.C11H18N.C9H13.Ti/c1-3-7-11(8-4-1)13-12-9-5-2-6-10-12;1-3-7-11(8-4-1)12-9-5-2-6-10-12;1-10-3-8-2-9(4-10)6-11(12,5-8)7-10;1-6-5-7(2)9(4)8(6)3;/h1-10,13H;1-10H;8-9,12H,2-7H2,1H3;6H,1-4H3;/q;;2*-1;+2. The first-order valence-corrected chi connectivity index (χ1v) is 18.4. The molecule has 0 saturated heterocycles. The van der Waals surface area contributed by atoms with Crippen LogP contribution in [0.15, 0.2) is 138 Å². The van der Waals surface area contributed by atoms with Crippen molar-refractivity contribution in [2.24, 2.45) is 23.2 Å². The molecule has 4 bridgehead atoms. The molecule has 3 heteroatoms. The van der Waals surface area contributed by atoms with Crippen molar-refractivity contribution in [2.45, 2.75) is 78.7 Å². The molecule has 0 spiro atoms. The molecule has 0 aromatic heterocycles. The minimum Gasteiger partial charge on any atom is -0.672 e. The Morgan fingerprint density at radius 2 is 1.04 bits per heavy atom. The van der Waals surface area contributed by atoms with Crippen molar-refractivity contribution >= 4 is 19.9 Å². The normalized spacial score (nSPS) is 26.3. The van der Waals surface area contributed by atoms with Gasteiger partial charge in [0.05, 0.1) is 0 Å². The van der Waals surface area contributed by atoms with Gasteiger partial charge in [0.1, 0.15) is 9.52 Å². The third kappa shape index (κ3) is 10.6. The van der Waals surface area contributed by atoms with E-state index in [2.05, 4.69) is 150 Å². The van der Waals surface area contributed by atoms with Crippen molar-refractivity contribution in [3.05, 3.63) is 150 Å². The first-order chi connectivity index (χ1) is 22.1. The molecule has 4 fully saturated rings. The third-order valence-corrected chi connectivity index (χ3v) is 11.8. The van der Waals surface area contributed by atoms with E-state index in [0.717, 1.165) is 11.8 Å². The van der Waals surface area contributed by atoms with Crippen molar-refractivity contribution in [3.63, 3.8) is 0 Å². The van der Waals surface area contributed by atoms with Crippen molar-refractivity contribution in [1.29, 1.82) is 0 Å². The van der Waals surface area contributed by atoms with Crippen molar-refractivity contribution in [1.82, 2.24) is 0 Å². The number of nitrogens with one attached hydrogen (secondary N) is 1. The van der Waals surface area contributed by atoms with Gasteiger partial charge in [-0.3, -0.25) is 6.08 Å². The van der Waals surface area contributed by atoms with Crippen LogP contribution in [0, 0.1) is 29.2 Å². The van der Waals surface area contributed by atoms with Gasteiger partial charge in [0, 0.05) is 0 Å². The summed E-state index contributed by atoms with van der Waals surface area (Å²) in [5, 5.41) is 2.90. The summed E-state index contributed by atoms with van der Waals surface area (Å²) in [4.78, 5) is 0. The van der Waals surface area contributed by atoms with E-state index in [-0.39, 0.29) is 36.8 Å². The molecule has 47 heavy (non-hydrogen) atoms. The SMILES string of the molecule is CC12CC3CC(C1)CC([NH-])(C3)C2.CC1=[C-]C(C)C(C)=C1C.[Ti+2].c1ccc(-c2ccccc2)cc1.c1ccc([SiH]c2ccccc2)cc1. The van der Waals surface area contributed by atoms with Gasteiger partial charge in [0.25, 0.3) is 0 Å². The van der Waals surface area contributed by atoms with E-state index in [1.807, 2.05) is 12.1 Å². The van der Waals surface area contributed by atoms with E-state index in [1.54, 1.807) is 0 Å². The Morgan fingerprint density at radius 3 is 1.34 bits per heavy atom. The van der Waals surface area contributed by atoms with E-state index in [4.69, 9.17) is 5.73 Å². The molecule has 3 atom stereocenters. The number of benzene rings is 4. The minimum absolute atomic E-state index is 0. The summed E-state index contributed by atoms with van der Waals surface area (Å²) in [5.74, 6) is 2.41. The average molecular weight is 671 g/mol. The van der Waals surface area contributed by atoms with E-state index in [9.17, 15) is 0 Å². The van der Waals surface area contributed by atoms with Gasteiger partial charge >= 0.3 is 21.7 Å². The zero-order chi connectivity index (χ0) is 32.6. The first-order valence-electron chi connectivity index (χ1n) is 17.2. The fourth-order valence-electron chi connectivity index (χ4n) is 8.43. The first kappa shape index (κ1) is 37.1. The number of hydrogen-bond acceptors (Lipinski definition) is 0. The van der Waals surface area contributed by atoms with Crippen molar-refractivity contribution < 1.29 is 21.7 Å². The second kappa shape index (κ2) is 17.1. The van der Waals surface area contributed by atoms with Crippen LogP contribution in [-0.4, -0.2) is 15.1 Å². The van der Waals surface area contributed by atoms with Gasteiger partial charge < -0.3 is 5.73 Å².